The molecule has 136 valence electrons. The Morgan fingerprint density at radius 1 is 1.44 bits per heavy atom. The predicted molar refractivity (Wildman–Crippen MR) is 91.9 cm³/mol. The highest BCUT2D eigenvalue weighted by atomic mass is 32.2. The average molecular weight is 384 g/mol. The SMILES string of the molecule is CCc1noc([C@H](C)NC(=O)c2sccc2S(=O)(=O)N2CCCC2)n1. The lowest BCUT2D eigenvalue weighted by atomic mass is 10.3. The largest absolute Gasteiger partial charge is 0.340 e. The summed E-state index contributed by atoms with van der Waals surface area (Å²) in [5, 5.41) is 8.14. The molecule has 1 fully saturated rings. The van der Waals surface area contributed by atoms with Gasteiger partial charge in [0.2, 0.25) is 15.9 Å². The van der Waals surface area contributed by atoms with E-state index >= 15 is 0 Å². The number of sulfonamides is 1. The smallest absolute Gasteiger partial charge is 0.263 e. The molecule has 1 N–H and O–H groups in total. The fourth-order valence-electron chi connectivity index (χ4n) is 2.64. The van der Waals surface area contributed by atoms with Gasteiger partial charge in [-0.25, -0.2) is 8.42 Å². The fraction of sp³-hybridized carbons (Fsp3) is 0.533. The Hall–Kier alpha value is -1.78. The van der Waals surface area contributed by atoms with E-state index in [0.717, 1.165) is 24.2 Å². The molecule has 0 saturated carbocycles. The van der Waals surface area contributed by atoms with Crippen molar-refractivity contribution in [2.75, 3.05) is 13.1 Å². The van der Waals surface area contributed by atoms with Gasteiger partial charge in [-0.15, -0.1) is 11.3 Å². The van der Waals surface area contributed by atoms with Crippen molar-refractivity contribution >= 4 is 27.3 Å². The van der Waals surface area contributed by atoms with Crippen molar-refractivity contribution in [1.82, 2.24) is 19.8 Å². The minimum absolute atomic E-state index is 0.0591. The van der Waals surface area contributed by atoms with Crippen molar-refractivity contribution in [3.63, 3.8) is 0 Å². The number of hydrogen-bond donors (Lipinski definition) is 1. The number of aromatic nitrogens is 2. The van der Waals surface area contributed by atoms with Gasteiger partial charge in [-0.1, -0.05) is 12.1 Å². The molecule has 2 aromatic rings. The van der Waals surface area contributed by atoms with E-state index in [1.807, 2.05) is 6.92 Å². The van der Waals surface area contributed by atoms with Gasteiger partial charge in [0, 0.05) is 19.5 Å². The van der Waals surface area contributed by atoms with Crippen LogP contribution in [0.25, 0.3) is 0 Å². The maximum atomic E-state index is 12.7. The summed E-state index contributed by atoms with van der Waals surface area (Å²) < 4.78 is 32.0. The quantitative estimate of drug-likeness (QED) is 0.816. The van der Waals surface area contributed by atoms with Crippen LogP contribution in [0.3, 0.4) is 0 Å². The number of nitrogens with zero attached hydrogens (tertiary/aromatic N) is 3. The van der Waals surface area contributed by atoms with E-state index in [2.05, 4.69) is 15.5 Å². The number of amides is 1. The summed E-state index contributed by atoms with van der Waals surface area (Å²) in [6, 6.07) is 0.976. The second-order valence-electron chi connectivity index (χ2n) is 5.82. The predicted octanol–water partition coefficient (Wildman–Crippen LogP) is 1.97. The standard InChI is InChI=1S/C15H20N4O4S2/c1-3-12-17-15(23-18-12)10(2)16-14(20)13-11(6-9-24-13)25(21,22)19-7-4-5-8-19/h6,9-10H,3-5,7-8H2,1-2H3,(H,16,20)/t10-/m0/s1. The first-order valence-electron chi connectivity index (χ1n) is 8.14. The van der Waals surface area contributed by atoms with E-state index in [0.29, 0.717) is 31.2 Å². The van der Waals surface area contributed by atoms with Crippen molar-refractivity contribution in [2.24, 2.45) is 0 Å². The summed E-state index contributed by atoms with van der Waals surface area (Å²) in [6.07, 6.45) is 2.32. The number of nitrogens with one attached hydrogen (secondary N) is 1. The maximum absolute atomic E-state index is 12.7. The van der Waals surface area contributed by atoms with Gasteiger partial charge in [-0.2, -0.15) is 9.29 Å². The van der Waals surface area contributed by atoms with Gasteiger partial charge in [-0.3, -0.25) is 4.79 Å². The van der Waals surface area contributed by atoms with E-state index in [1.165, 1.54) is 10.4 Å². The lowest BCUT2D eigenvalue weighted by molar-refractivity contribution is 0.0933. The number of hydrogen-bond acceptors (Lipinski definition) is 7. The Labute approximate surface area is 150 Å². The van der Waals surface area contributed by atoms with E-state index in [9.17, 15) is 13.2 Å². The third kappa shape index (κ3) is 3.60. The normalized spacial score (nSPS) is 16.9. The zero-order valence-electron chi connectivity index (χ0n) is 14.1. The summed E-state index contributed by atoms with van der Waals surface area (Å²) in [5.74, 6) is 0.395. The first-order valence-corrected chi connectivity index (χ1v) is 10.5. The molecule has 1 aliphatic heterocycles. The van der Waals surface area contributed by atoms with Gasteiger partial charge in [0.15, 0.2) is 5.82 Å². The molecule has 2 aromatic heterocycles. The molecule has 1 amide bonds. The highest BCUT2D eigenvalue weighted by Crippen LogP contribution is 2.28. The van der Waals surface area contributed by atoms with Crippen molar-refractivity contribution < 1.29 is 17.7 Å². The maximum Gasteiger partial charge on any atom is 0.263 e. The number of rotatable bonds is 6. The molecule has 1 saturated heterocycles. The Morgan fingerprint density at radius 2 is 2.16 bits per heavy atom. The van der Waals surface area contributed by atoms with Gasteiger partial charge in [0.1, 0.15) is 15.8 Å². The third-order valence-corrected chi connectivity index (χ3v) is 7.02. The summed E-state index contributed by atoms with van der Waals surface area (Å²) in [4.78, 5) is 17.0. The number of thiophene rings is 1. The highest BCUT2D eigenvalue weighted by Gasteiger charge is 2.32. The molecule has 0 unspecified atom stereocenters. The minimum Gasteiger partial charge on any atom is -0.340 e. The molecule has 25 heavy (non-hydrogen) atoms. The van der Waals surface area contributed by atoms with Gasteiger partial charge in [-0.05, 0) is 31.2 Å². The van der Waals surface area contributed by atoms with Crippen LogP contribution < -0.4 is 5.32 Å². The molecule has 1 aliphatic rings. The van der Waals surface area contributed by atoms with Crippen LogP contribution in [0, 0.1) is 0 Å². The van der Waals surface area contributed by atoms with E-state index < -0.39 is 22.0 Å². The van der Waals surface area contributed by atoms with E-state index in [-0.39, 0.29) is 9.77 Å². The van der Waals surface area contributed by atoms with Crippen molar-refractivity contribution in [3.05, 3.63) is 28.0 Å². The van der Waals surface area contributed by atoms with Gasteiger partial charge in [0.05, 0.1) is 0 Å². The fourth-order valence-corrected chi connectivity index (χ4v) is 5.47. The van der Waals surface area contributed by atoms with Crippen LogP contribution in [0.2, 0.25) is 0 Å². The Bertz CT molecular complexity index is 853. The minimum atomic E-state index is -3.64. The zero-order valence-corrected chi connectivity index (χ0v) is 15.7. The Morgan fingerprint density at radius 3 is 2.80 bits per heavy atom. The molecule has 8 nitrogen and oxygen atoms in total. The number of carbonyl (C=O) groups is 1. The van der Waals surface area contributed by atoms with Crippen LogP contribution >= 0.6 is 11.3 Å². The highest BCUT2D eigenvalue weighted by molar-refractivity contribution is 7.89. The van der Waals surface area contributed by atoms with Crippen molar-refractivity contribution in [1.29, 1.82) is 0 Å². The summed E-state index contributed by atoms with van der Waals surface area (Å²) in [6.45, 7) is 4.61. The zero-order chi connectivity index (χ0) is 18.0. The molecule has 3 heterocycles. The number of carbonyl (C=O) groups excluding carboxylic acids is 1. The molecule has 0 aromatic carbocycles. The van der Waals surface area contributed by atoms with Crippen LogP contribution in [-0.4, -0.2) is 41.9 Å². The van der Waals surface area contributed by atoms with Crippen molar-refractivity contribution in [2.45, 2.75) is 44.0 Å². The molecule has 3 rings (SSSR count). The summed E-state index contributed by atoms with van der Waals surface area (Å²) in [7, 11) is -3.64. The first kappa shape index (κ1) is 18.0. The Kier molecular flexibility index (Phi) is 5.21. The van der Waals surface area contributed by atoms with Crippen LogP contribution in [0.1, 0.15) is 54.1 Å². The monoisotopic (exact) mass is 384 g/mol. The van der Waals surface area contributed by atoms with E-state index in [1.54, 1.807) is 12.3 Å². The molecule has 0 radical (unpaired) electrons. The van der Waals surface area contributed by atoms with Crippen molar-refractivity contribution in [3.8, 4) is 0 Å². The van der Waals surface area contributed by atoms with Crippen LogP contribution in [0.4, 0.5) is 0 Å². The first-order chi connectivity index (χ1) is 11.9. The lowest BCUT2D eigenvalue weighted by Crippen LogP contribution is -2.31. The van der Waals surface area contributed by atoms with Gasteiger partial charge in [0.25, 0.3) is 5.91 Å². The topological polar surface area (TPSA) is 105 Å². The van der Waals surface area contributed by atoms with Gasteiger partial charge >= 0.3 is 0 Å². The summed E-state index contributed by atoms with van der Waals surface area (Å²) in [5.41, 5.74) is 0. The second kappa shape index (κ2) is 7.22. The molecule has 10 heteroatoms. The average Bonchev–Trinajstić information content (AvgIpc) is 3.35. The molecular formula is C15H20N4O4S2. The van der Waals surface area contributed by atoms with Crippen LogP contribution in [0.15, 0.2) is 20.9 Å². The lowest BCUT2D eigenvalue weighted by Gasteiger charge is -2.16. The molecule has 0 bridgehead atoms. The number of aryl methyl sites for hydroxylation is 1. The van der Waals surface area contributed by atoms with Crippen LogP contribution in [-0.2, 0) is 16.4 Å². The van der Waals surface area contributed by atoms with Crippen LogP contribution in [0.5, 0.6) is 0 Å². The second-order valence-corrected chi connectivity index (χ2v) is 8.65. The Balaban J connectivity index is 1.78. The van der Waals surface area contributed by atoms with Gasteiger partial charge < -0.3 is 9.84 Å². The molecule has 0 spiro atoms. The molecule has 0 aliphatic carbocycles. The van der Waals surface area contributed by atoms with E-state index in [4.69, 9.17) is 4.52 Å². The molecule has 1 atom stereocenters. The third-order valence-electron chi connectivity index (χ3n) is 4.04. The molecular weight excluding hydrogens is 364 g/mol. The summed E-state index contributed by atoms with van der Waals surface area (Å²) >= 11 is 1.11.